The second-order valence-corrected chi connectivity index (χ2v) is 10.5. The highest BCUT2D eigenvalue weighted by Gasteiger charge is 2.20. The maximum Gasteiger partial charge on any atom is 0.173 e. The summed E-state index contributed by atoms with van der Waals surface area (Å²) >= 11 is 8.07. The molecule has 1 aliphatic rings. The van der Waals surface area contributed by atoms with Gasteiger partial charge in [0.25, 0.3) is 0 Å². The van der Waals surface area contributed by atoms with E-state index in [1.54, 1.807) is 6.20 Å². The van der Waals surface area contributed by atoms with Crippen LogP contribution in [0, 0.1) is 0 Å². The number of piperazine rings is 1. The minimum Gasteiger partial charge on any atom is -0.383 e. The molecule has 5 rings (SSSR count). The molecule has 0 amide bonds. The minimum atomic E-state index is 0.138. The molecule has 0 spiro atoms. The van der Waals surface area contributed by atoms with Crippen LogP contribution in [0.4, 0.5) is 5.82 Å². The fraction of sp³-hybridized carbons (Fsp3) is 0.296. The molecule has 0 saturated carbocycles. The summed E-state index contributed by atoms with van der Waals surface area (Å²) in [5.41, 5.74) is 8.30. The lowest BCUT2D eigenvalue weighted by atomic mass is 10.0. The molecular weight excluding hydrogens is 478 g/mol. The van der Waals surface area contributed by atoms with Gasteiger partial charge in [-0.05, 0) is 41.1 Å². The molecule has 3 aromatic heterocycles. The number of thiophene rings is 1. The quantitative estimate of drug-likeness (QED) is 0.337. The molecule has 0 bridgehead atoms. The third-order valence-corrected chi connectivity index (χ3v) is 8.10. The molecule has 0 radical (unpaired) electrons. The second-order valence-electron chi connectivity index (χ2n) is 8.97. The maximum atomic E-state index is 12.9. The largest absolute Gasteiger partial charge is 0.383 e. The lowest BCUT2D eigenvalue weighted by molar-refractivity contribution is 0.0986. The summed E-state index contributed by atoms with van der Waals surface area (Å²) in [5.74, 6) is 0.666. The van der Waals surface area contributed by atoms with Crippen LogP contribution in [0.5, 0.6) is 0 Å². The average molecular weight is 506 g/mol. The van der Waals surface area contributed by atoms with Gasteiger partial charge in [0.05, 0.1) is 9.90 Å². The van der Waals surface area contributed by atoms with Crippen molar-refractivity contribution in [3.8, 4) is 0 Å². The normalized spacial score (nSPS) is 15.0. The lowest BCUT2D eigenvalue weighted by Gasteiger charge is -2.34. The molecule has 8 heteroatoms. The van der Waals surface area contributed by atoms with Gasteiger partial charge in [-0.15, -0.1) is 11.3 Å². The molecule has 0 aliphatic carbocycles. The van der Waals surface area contributed by atoms with Crippen molar-refractivity contribution in [3.63, 3.8) is 0 Å². The molecule has 2 N–H and O–H groups in total. The number of hydrogen-bond donors (Lipinski definition) is 1. The zero-order valence-electron chi connectivity index (χ0n) is 19.5. The van der Waals surface area contributed by atoms with Crippen LogP contribution in [0.3, 0.4) is 0 Å². The van der Waals surface area contributed by atoms with Crippen LogP contribution in [0.25, 0.3) is 10.8 Å². The Balaban J connectivity index is 1.14. The van der Waals surface area contributed by atoms with Crippen LogP contribution in [0.2, 0.25) is 5.02 Å². The highest BCUT2D eigenvalue weighted by Crippen LogP contribution is 2.30. The van der Waals surface area contributed by atoms with Crippen LogP contribution in [-0.4, -0.2) is 51.7 Å². The number of aromatic nitrogens is 2. The monoisotopic (exact) mass is 505 g/mol. The topological polar surface area (TPSA) is 75.3 Å². The smallest absolute Gasteiger partial charge is 0.173 e. The summed E-state index contributed by atoms with van der Waals surface area (Å²) < 4.78 is 0. The zero-order chi connectivity index (χ0) is 24.2. The van der Waals surface area contributed by atoms with Gasteiger partial charge in [0.1, 0.15) is 5.82 Å². The molecule has 35 heavy (non-hydrogen) atoms. The molecule has 0 unspecified atom stereocenters. The Morgan fingerprint density at radius 2 is 1.80 bits per heavy atom. The number of nitrogens with two attached hydrogens (primary N) is 1. The molecule has 1 aromatic carbocycles. The Morgan fingerprint density at radius 3 is 2.57 bits per heavy atom. The number of hydrogen-bond acceptors (Lipinski definition) is 7. The second kappa shape index (κ2) is 10.8. The fourth-order valence-electron chi connectivity index (χ4n) is 4.50. The number of Topliss-reactive ketones (excluding diaryl/α,β-unsaturated/α-hetero) is 1. The first-order chi connectivity index (χ1) is 17.0. The number of rotatable bonds is 8. The number of carbonyl (C=O) groups is 1. The molecule has 6 nitrogen and oxygen atoms in total. The number of ketones is 1. The van der Waals surface area contributed by atoms with Crippen molar-refractivity contribution >= 4 is 45.3 Å². The van der Waals surface area contributed by atoms with E-state index in [4.69, 9.17) is 17.3 Å². The Hall–Kier alpha value is -2.84. The van der Waals surface area contributed by atoms with Crippen LogP contribution in [0.15, 0.2) is 61.1 Å². The predicted molar refractivity (Wildman–Crippen MR) is 143 cm³/mol. The first-order valence-corrected chi connectivity index (χ1v) is 13.0. The fourth-order valence-corrected chi connectivity index (χ4v) is 5.91. The van der Waals surface area contributed by atoms with Crippen molar-refractivity contribution in [1.82, 2.24) is 19.8 Å². The molecule has 1 saturated heterocycles. The van der Waals surface area contributed by atoms with Crippen LogP contribution in [-0.2, 0) is 19.5 Å². The number of benzene rings is 1. The molecule has 0 atom stereocenters. The summed E-state index contributed by atoms with van der Waals surface area (Å²) in [6.07, 6.45) is 6.59. The van der Waals surface area contributed by atoms with Crippen LogP contribution >= 0.6 is 22.9 Å². The number of halogens is 1. The van der Waals surface area contributed by atoms with E-state index in [2.05, 4.69) is 31.9 Å². The average Bonchev–Trinajstić information content (AvgIpc) is 3.24. The highest BCUT2D eigenvalue weighted by atomic mass is 35.5. The molecule has 4 heterocycles. The van der Waals surface area contributed by atoms with Gasteiger partial charge in [-0.2, -0.15) is 0 Å². The van der Waals surface area contributed by atoms with Gasteiger partial charge >= 0.3 is 0 Å². The zero-order valence-corrected chi connectivity index (χ0v) is 21.1. The van der Waals surface area contributed by atoms with E-state index in [1.165, 1.54) is 16.9 Å². The summed E-state index contributed by atoms with van der Waals surface area (Å²) in [4.78, 5) is 27.9. The lowest BCUT2D eigenvalue weighted by Crippen LogP contribution is -2.45. The number of nitrogen functional groups attached to an aromatic ring is 1. The molecular formula is C27H28ClN5OS. The van der Waals surface area contributed by atoms with Crippen molar-refractivity contribution in [3.05, 3.63) is 87.0 Å². The third kappa shape index (κ3) is 5.87. The number of nitrogens with zero attached hydrogens (tertiary/aromatic N) is 4. The van der Waals surface area contributed by atoms with Crippen molar-refractivity contribution in [2.45, 2.75) is 25.9 Å². The summed E-state index contributed by atoms with van der Waals surface area (Å²) in [7, 11) is 0. The van der Waals surface area contributed by atoms with Crippen molar-refractivity contribution < 1.29 is 4.79 Å². The first kappa shape index (κ1) is 23.9. The van der Waals surface area contributed by atoms with Gasteiger partial charge in [0, 0.05) is 74.5 Å². The Morgan fingerprint density at radius 1 is 1.00 bits per heavy atom. The van der Waals surface area contributed by atoms with Crippen LogP contribution in [0.1, 0.15) is 32.1 Å². The Bertz CT molecular complexity index is 1320. The summed E-state index contributed by atoms with van der Waals surface area (Å²) in [5, 5.41) is 2.68. The van der Waals surface area contributed by atoms with E-state index in [1.807, 2.05) is 42.7 Å². The van der Waals surface area contributed by atoms with Gasteiger partial charge in [0.2, 0.25) is 0 Å². The molecule has 180 valence electrons. The number of fused-ring (bicyclic) bond motifs is 1. The van der Waals surface area contributed by atoms with E-state index in [0.29, 0.717) is 23.7 Å². The van der Waals surface area contributed by atoms with Crippen LogP contribution < -0.4 is 5.73 Å². The van der Waals surface area contributed by atoms with Crippen molar-refractivity contribution in [2.75, 3.05) is 31.9 Å². The Kier molecular flexibility index (Phi) is 7.39. The Labute approximate surface area is 214 Å². The number of pyridine rings is 2. The maximum absolute atomic E-state index is 12.9. The SMILES string of the molecule is Nc1nccc2cc(CCC(=O)c3cc(Cl)c(CN4CCN(Cc5cccnc5)CC4)s3)ccc12. The molecule has 4 aromatic rings. The minimum absolute atomic E-state index is 0.138. The first-order valence-electron chi connectivity index (χ1n) is 11.8. The highest BCUT2D eigenvalue weighted by molar-refractivity contribution is 7.14. The number of aryl methyl sites for hydroxylation is 1. The predicted octanol–water partition coefficient (Wildman–Crippen LogP) is 5.06. The number of anilines is 1. The van der Waals surface area contributed by atoms with Gasteiger partial charge < -0.3 is 5.73 Å². The van der Waals surface area contributed by atoms with E-state index >= 15 is 0 Å². The summed E-state index contributed by atoms with van der Waals surface area (Å²) in [6, 6.07) is 14.0. The molecule has 1 aliphatic heterocycles. The van der Waals surface area contributed by atoms with E-state index in [9.17, 15) is 4.79 Å². The van der Waals surface area contributed by atoms with Crippen molar-refractivity contribution in [2.24, 2.45) is 0 Å². The van der Waals surface area contributed by atoms with E-state index in [-0.39, 0.29) is 5.78 Å². The van der Waals surface area contributed by atoms with Gasteiger partial charge in [-0.1, -0.05) is 35.9 Å². The number of carbonyl (C=O) groups excluding carboxylic acids is 1. The summed E-state index contributed by atoms with van der Waals surface area (Å²) in [6.45, 7) is 5.72. The van der Waals surface area contributed by atoms with E-state index in [0.717, 1.165) is 65.4 Å². The van der Waals surface area contributed by atoms with E-state index < -0.39 is 0 Å². The van der Waals surface area contributed by atoms with Gasteiger partial charge in [0.15, 0.2) is 5.78 Å². The third-order valence-electron chi connectivity index (χ3n) is 6.49. The molecule has 1 fully saturated rings. The van der Waals surface area contributed by atoms with Gasteiger partial charge in [-0.25, -0.2) is 4.98 Å². The van der Waals surface area contributed by atoms with Crippen molar-refractivity contribution in [1.29, 1.82) is 0 Å². The van der Waals surface area contributed by atoms with Gasteiger partial charge in [-0.3, -0.25) is 19.6 Å². The standard InChI is InChI=1S/C27H28ClN5OS/c28-23-15-25(24(34)6-4-19-3-5-22-21(14-19)7-9-31-27(22)29)35-26(23)18-33-12-10-32(11-13-33)17-20-2-1-8-30-16-20/h1-3,5,7-9,14-16H,4,6,10-13,17-18H2,(H2,29,31).